The second-order valence-electron chi connectivity index (χ2n) is 5.62. The van der Waals surface area contributed by atoms with Gasteiger partial charge >= 0.3 is 5.97 Å². The normalized spacial score (nSPS) is 13.2. The Kier molecular flexibility index (Phi) is 4.55. The molecule has 5 heteroatoms. The third-order valence-corrected chi connectivity index (χ3v) is 3.79. The third-order valence-electron chi connectivity index (χ3n) is 3.57. The van der Waals surface area contributed by atoms with Crippen LogP contribution in [0.1, 0.15) is 32.6 Å². The molecule has 0 atom stereocenters. The second kappa shape index (κ2) is 6.60. The van der Waals surface area contributed by atoms with Crippen molar-refractivity contribution in [3.63, 3.8) is 0 Å². The van der Waals surface area contributed by atoms with E-state index in [9.17, 15) is 4.79 Å². The molecule has 120 valence electrons. The van der Waals surface area contributed by atoms with E-state index in [0.29, 0.717) is 22.9 Å². The SMILES string of the molecule is Cc1cc(C)cc(C(=O)OCc2cc(Cl)cc3c2OCOC3)c1. The van der Waals surface area contributed by atoms with Gasteiger partial charge in [0.25, 0.3) is 0 Å². The second-order valence-corrected chi connectivity index (χ2v) is 6.05. The summed E-state index contributed by atoms with van der Waals surface area (Å²) in [6, 6.07) is 9.18. The van der Waals surface area contributed by atoms with Crippen LogP contribution in [-0.4, -0.2) is 12.8 Å². The number of hydrogen-bond acceptors (Lipinski definition) is 4. The number of esters is 1. The molecule has 0 fully saturated rings. The van der Waals surface area contributed by atoms with Gasteiger partial charge in [0, 0.05) is 16.1 Å². The van der Waals surface area contributed by atoms with Gasteiger partial charge in [-0.15, -0.1) is 0 Å². The zero-order valence-corrected chi connectivity index (χ0v) is 13.8. The monoisotopic (exact) mass is 332 g/mol. The zero-order chi connectivity index (χ0) is 16.4. The summed E-state index contributed by atoms with van der Waals surface area (Å²) in [7, 11) is 0. The molecule has 0 bridgehead atoms. The van der Waals surface area contributed by atoms with Crippen molar-refractivity contribution in [1.82, 2.24) is 0 Å². The number of ether oxygens (including phenoxy) is 3. The smallest absolute Gasteiger partial charge is 0.338 e. The van der Waals surface area contributed by atoms with Crippen molar-refractivity contribution >= 4 is 17.6 Å². The molecule has 0 saturated heterocycles. The number of halogens is 1. The van der Waals surface area contributed by atoms with Crippen molar-refractivity contribution in [1.29, 1.82) is 0 Å². The molecule has 3 rings (SSSR count). The largest absolute Gasteiger partial charge is 0.467 e. The van der Waals surface area contributed by atoms with Crippen LogP contribution < -0.4 is 4.74 Å². The summed E-state index contributed by atoms with van der Waals surface area (Å²) in [5.41, 5.74) is 4.20. The Balaban J connectivity index is 1.78. The summed E-state index contributed by atoms with van der Waals surface area (Å²) in [6.07, 6.45) is 0. The van der Waals surface area contributed by atoms with Gasteiger partial charge in [-0.1, -0.05) is 28.8 Å². The van der Waals surface area contributed by atoms with Gasteiger partial charge < -0.3 is 14.2 Å². The van der Waals surface area contributed by atoms with E-state index < -0.39 is 0 Å². The van der Waals surface area contributed by atoms with E-state index in [4.69, 9.17) is 25.8 Å². The highest BCUT2D eigenvalue weighted by Gasteiger charge is 2.18. The average molecular weight is 333 g/mol. The quantitative estimate of drug-likeness (QED) is 0.791. The number of carbonyl (C=O) groups excluding carboxylic acids is 1. The maximum absolute atomic E-state index is 12.3. The van der Waals surface area contributed by atoms with Gasteiger partial charge in [0.1, 0.15) is 12.4 Å². The summed E-state index contributed by atoms with van der Waals surface area (Å²) < 4.78 is 16.2. The molecule has 0 unspecified atom stereocenters. The van der Waals surface area contributed by atoms with E-state index in [2.05, 4.69) is 0 Å². The number of hydrogen-bond donors (Lipinski definition) is 0. The van der Waals surface area contributed by atoms with E-state index in [0.717, 1.165) is 22.3 Å². The topological polar surface area (TPSA) is 44.8 Å². The Bertz CT molecular complexity index is 735. The molecule has 1 aliphatic heterocycles. The minimum absolute atomic E-state index is 0.106. The first-order valence-corrected chi connectivity index (χ1v) is 7.68. The first-order chi connectivity index (χ1) is 11.0. The Labute approximate surface area is 139 Å². The highest BCUT2D eigenvalue weighted by atomic mass is 35.5. The summed E-state index contributed by atoms with van der Waals surface area (Å²) in [4.78, 5) is 12.3. The molecule has 0 aliphatic carbocycles. The molecule has 1 heterocycles. The summed E-state index contributed by atoms with van der Waals surface area (Å²) in [5.74, 6) is 0.325. The van der Waals surface area contributed by atoms with Crippen molar-refractivity contribution in [2.45, 2.75) is 27.1 Å². The van der Waals surface area contributed by atoms with E-state index in [1.165, 1.54) is 0 Å². The molecular weight excluding hydrogens is 316 g/mol. The van der Waals surface area contributed by atoms with E-state index >= 15 is 0 Å². The lowest BCUT2D eigenvalue weighted by atomic mass is 10.1. The maximum atomic E-state index is 12.3. The van der Waals surface area contributed by atoms with Crippen LogP contribution in [0.4, 0.5) is 0 Å². The van der Waals surface area contributed by atoms with Crippen molar-refractivity contribution in [3.05, 3.63) is 63.2 Å². The molecule has 23 heavy (non-hydrogen) atoms. The lowest BCUT2D eigenvalue weighted by Crippen LogP contribution is -2.14. The predicted octanol–water partition coefficient (Wildman–Crippen LogP) is 4.18. The van der Waals surface area contributed by atoms with Gasteiger partial charge in [0.05, 0.1) is 12.2 Å². The fourth-order valence-corrected chi connectivity index (χ4v) is 2.95. The number of benzene rings is 2. The molecule has 0 N–H and O–H groups in total. The van der Waals surface area contributed by atoms with E-state index in [1.807, 2.05) is 32.0 Å². The fraction of sp³-hybridized carbons (Fsp3) is 0.278. The average Bonchev–Trinajstić information content (AvgIpc) is 2.51. The fourth-order valence-electron chi connectivity index (χ4n) is 2.68. The molecule has 2 aromatic carbocycles. The summed E-state index contributed by atoms with van der Waals surface area (Å²) in [6.45, 7) is 4.63. The first kappa shape index (κ1) is 15.8. The van der Waals surface area contributed by atoms with Crippen LogP contribution in [0.3, 0.4) is 0 Å². The van der Waals surface area contributed by atoms with Crippen molar-refractivity contribution in [2.75, 3.05) is 6.79 Å². The number of rotatable bonds is 3. The maximum Gasteiger partial charge on any atom is 0.338 e. The lowest BCUT2D eigenvalue weighted by molar-refractivity contribution is -0.0180. The molecule has 1 aliphatic rings. The van der Waals surface area contributed by atoms with Gasteiger partial charge in [0.2, 0.25) is 0 Å². The van der Waals surface area contributed by atoms with Gasteiger partial charge in [-0.05, 0) is 38.1 Å². The van der Waals surface area contributed by atoms with Gasteiger partial charge in [-0.25, -0.2) is 4.79 Å². The lowest BCUT2D eigenvalue weighted by Gasteiger charge is -2.21. The molecule has 0 radical (unpaired) electrons. The van der Waals surface area contributed by atoms with Crippen LogP contribution in [0, 0.1) is 13.8 Å². The first-order valence-electron chi connectivity index (χ1n) is 7.30. The zero-order valence-electron chi connectivity index (χ0n) is 13.0. The Morgan fingerprint density at radius 2 is 1.91 bits per heavy atom. The molecule has 0 saturated carbocycles. The third kappa shape index (κ3) is 3.66. The van der Waals surface area contributed by atoms with Crippen LogP contribution in [-0.2, 0) is 22.7 Å². The van der Waals surface area contributed by atoms with Crippen molar-refractivity contribution < 1.29 is 19.0 Å². The highest BCUT2D eigenvalue weighted by Crippen LogP contribution is 2.32. The van der Waals surface area contributed by atoms with Crippen LogP contribution in [0.5, 0.6) is 5.75 Å². The van der Waals surface area contributed by atoms with Gasteiger partial charge in [-0.2, -0.15) is 0 Å². The minimum atomic E-state index is -0.363. The number of fused-ring (bicyclic) bond motifs is 1. The molecular formula is C18H17ClO4. The molecule has 4 nitrogen and oxygen atoms in total. The molecule has 2 aromatic rings. The Morgan fingerprint density at radius 1 is 1.17 bits per heavy atom. The van der Waals surface area contributed by atoms with Crippen molar-refractivity contribution in [2.24, 2.45) is 0 Å². The Hall–Kier alpha value is -2.04. The summed E-state index contributed by atoms with van der Waals surface area (Å²) in [5, 5.41) is 0.565. The predicted molar refractivity (Wildman–Crippen MR) is 86.8 cm³/mol. The number of carbonyl (C=O) groups is 1. The van der Waals surface area contributed by atoms with Gasteiger partial charge in [-0.3, -0.25) is 0 Å². The van der Waals surface area contributed by atoms with Crippen LogP contribution in [0.15, 0.2) is 30.3 Å². The van der Waals surface area contributed by atoms with E-state index in [-0.39, 0.29) is 19.4 Å². The molecule has 0 spiro atoms. The van der Waals surface area contributed by atoms with Crippen LogP contribution in [0.25, 0.3) is 0 Å². The standard InChI is InChI=1S/C18H17ClO4/c1-11-3-12(2)5-13(4-11)18(20)22-9-15-7-16(19)6-14-8-21-10-23-17(14)15/h3-7H,8-10H2,1-2H3. The van der Waals surface area contributed by atoms with Crippen LogP contribution in [0.2, 0.25) is 5.02 Å². The molecule has 0 aromatic heterocycles. The Morgan fingerprint density at radius 3 is 2.65 bits per heavy atom. The minimum Gasteiger partial charge on any atom is -0.467 e. The van der Waals surface area contributed by atoms with E-state index in [1.54, 1.807) is 12.1 Å². The van der Waals surface area contributed by atoms with Crippen LogP contribution >= 0.6 is 11.6 Å². The number of aryl methyl sites for hydroxylation is 2. The summed E-state index contributed by atoms with van der Waals surface area (Å²) >= 11 is 6.10. The highest BCUT2D eigenvalue weighted by molar-refractivity contribution is 6.30. The van der Waals surface area contributed by atoms with Gasteiger partial charge in [0.15, 0.2) is 6.79 Å². The molecule has 0 amide bonds. The van der Waals surface area contributed by atoms with Crippen molar-refractivity contribution in [3.8, 4) is 5.75 Å².